The van der Waals surface area contributed by atoms with Gasteiger partial charge in [0.2, 0.25) is 0 Å². The van der Waals surface area contributed by atoms with E-state index in [9.17, 15) is 19.7 Å². The van der Waals surface area contributed by atoms with Gasteiger partial charge in [-0.1, -0.05) is 23.5 Å². The topological polar surface area (TPSA) is 126 Å². The number of hydrogen-bond donors (Lipinski definition) is 0. The van der Waals surface area contributed by atoms with Crippen LogP contribution in [0.4, 0.5) is 5.69 Å². The third-order valence-electron chi connectivity index (χ3n) is 6.28. The zero-order valence-corrected chi connectivity index (χ0v) is 25.8. The standard InChI is InChI=1S/C28H21Br2N3O7S/c1-4-39-27(35)23-14(2)31-28-32(26(34)22(41-28)12-15-10-18(29)25(38-3)19(30)11-15)24(23)21-9-8-20(40-21)16-6-5-7-17(13-16)33(36)37/h5-13,24H,4H2,1-3H3/b22-12-/t24-/m0/s1. The van der Waals surface area contributed by atoms with E-state index in [4.69, 9.17) is 13.9 Å². The minimum absolute atomic E-state index is 0.0896. The largest absolute Gasteiger partial charge is 0.494 e. The van der Waals surface area contributed by atoms with E-state index in [1.165, 1.54) is 28.0 Å². The molecule has 0 radical (unpaired) electrons. The molecule has 1 atom stereocenters. The first-order valence-corrected chi connectivity index (χ1v) is 14.6. The van der Waals surface area contributed by atoms with Gasteiger partial charge < -0.3 is 13.9 Å². The summed E-state index contributed by atoms with van der Waals surface area (Å²) in [6.07, 6.45) is 1.73. The number of nitro benzene ring substituents is 1. The molecule has 0 fully saturated rings. The molecule has 0 unspecified atom stereocenters. The predicted molar refractivity (Wildman–Crippen MR) is 160 cm³/mol. The number of nitro groups is 1. The second kappa shape index (κ2) is 11.6. The number of furan rings is 1. The third kappa shape index (κ3) is 5.44. The van der Waals surface area contributed by atoms with Crippen molar-refractivity contribution in [2.24, 2.45) is 4.99 Å². The number of nitrogens with zero attached hydrogens (tertiary/aromatic N) is 3. The molecule has 1 aliphatic heterocycles. The highest BCUT2D eigenvalue weighted by molar-refractivity contribution is 9.11. The molecule has 0 amide bonds. The summed E-state index contributed by atoms with van der Waals surface area (Å²) in [4.78, 5) is 42.8. The summed E-state index contributed by atoms with van der Waals surface area (Å²) in [7, 11) is 1.56. The molecule has 41 heavy (non-hydrogen) atoms. The van der Waals surface area contributed by atoms with E-state index in [1.807, 2.05) is 12.1 Å². The van der Waals surface area contributed by atoms with Gasteiger partial charge >= 0.3 is 5.97 Å². The number of hydrogen-bond acceptors (Lipinski definition) is 9. The number of fused-ring (bicyclic) bond motifs is 1. The minimum Gasteiger partial charge on any atom is -0.494 e. The van der Waals surface area contributed by atoms with Crippen LogP contribution in [0.5, 0.6) is 5.75 Å². The number of methoxy groups -OCH3 is 1. The van der Waals surface area contributed by atoms with Crippen molar-refractivity contribution in [1.82, 2.24) is 4.57 Å². The summed E-state index contributed by atoms with van der Waals surface area (Å²) in [5.74, 6) is 0.628. The Labute approximate surface area is 253 Å². The summed E-state index contributed by atoms with van der Waals surface area (Å²) >= 11 is 8.15. The van der Waals surface area contributed by atoms with Gasteiger partial charge in [-0.2, -0.15) is 0 Å². The second-order valence-corrected chi connectivity index (χ2v) is 11.5. The average molecular weight is 703 g/mol. The molecule has 0 saturated heterocycles. The fourth-order valence-electron chi connectivity index (χ4n) is 4.50. The van der Waals surface area contributed by atoms with Gasteiger partial charge in [0, 0.05) is 17.7 Å². The third-order valence-corrected chi connectivity index (χ3v) is 8.44. The molecule has 0 bridgehead atoms. The Balaban J connectivity index is 1.68. The number of rotatable bonds is 7. The van der Waals surface area contributed by atoms with Crippen LogP contribution in [0.15, 0.2) is 83.0 Å². The lowest BCUT2D eigenvalue weighted by Crippen LogP contribution is -2.39. The van der Waals surface area contributed by atoms with Gasteiger partial charge in [-0.05, 0) is 81.6 Å². The first-order chi connectivity index (χ1) is 19.6. The van der Waals surface area contributed by atoms with Crippen LogP contribution in [0, 0.1) is 10.1 Å². The van der Waals surface area contributed by atoms with Crippen molar-refractivity contribution in [1.29, 1.82) is 0 Å². The van der Waals surface area contributed by atoms with Gasteiger partial charge in [0.15, 0.2) is 4.80 Å². The molecule has 0 aliphatic carbocycles. The van der Waals surface area contributed by atoms with E-state index in [1.54, 1.807) is 51.3 Å². The first kappa shape index (κ1) is 28.7. The number of aromatic nitrogens is 1. The molecule has 0 saturated carbocycles. The van der Waals surface area contributed by atoms with Crippen molar-refractivity contribution < 1.29 is 23.6 Å². The molecule has 13 heteroatoms. The van der Waals surface area contributed by atoms with Gasteiger partial charge in [0.25, 0.3) is 11.2 Å². The predicted octanol–water partition coefficient (Wildman–Crippen LogP) is 5.50. The summed E-state index contributed by atoms with van der Waals surface area (Å²) in [6.45, 7) is 3.50. The Bertz CT molecular complexity index is 1900. The van der Waals surface area contributed by atoms with Gasteiger partial charge in [0.05, 0.1) is 43.4 Å². The number of halogens is 2. The molecule has 10 nitrogen and oxygen atoms in total. The Hall–Kier alpha value is -3.81. The first-order valence-electron chi connectivity index (χ1n) is 12.2. The van der Waals surface area contributed by atoms with Gasteiger partial charge in [-0.15, -0.1) is 0 Å². The number of allylic oxidation sites excluding steroid dienone is 1. The Morgan fingerprint density at radius 3 is 2.61 bits per heavy atom. The summed E-state index contributed by atoms with van der Waals surface area (Å²) in [5.41, 5.74) is 1.31. The smallest absolute Gasteiger partial charge is 0.338 e. The van der Waals surface area contributed by atoms with Crippen LogP contribution < -0.4 is 19.6 Å². The van der Waals surface area contributed by atoms with Crippen LogP contribution in [-0.2, 0) is 9.53 Å². The molecule has 2 aromatic heterocycles. The van der Waals surface area contributed by atoms with Crippen LogP contribution in [0.2, 0.25) is 0 Å². The highest BCUT2D eigenvalue weighted by Gasteiger charge is 2.35. The van der Waals surface area contributed by atoms with E-state index >= 15 is 0 Å². The van der Waals surface area contributed by atoms with Gasteiger partial charge in [0.1, 0.15) is 23.3 Å². The lowest BCUT2D eigenvalue weighted by Gasteiger charge is -2.22. The van der Waals surface area contributed by atoms with Gasteiger partial charge in [-0.3, -0.25) is 19.5 Å². The average Bonchev–Trinajstić information content (AvgIpc) is 3.53. The van der Waals surface area contributed by atoms with Crippen molar-refractivity contribution in [3.63, 3.8) is 0 Å². The highest BCUT2D eigenvalue weighted by atomic mass is 79.9. The highest BCUT2D eigenvalue weighted by Crippen LogP contribution is 2.36. The molecule has 0 spiro atoms. The molecule has 1 aliphatic rings. The monoisotopic (exact) mass is 701 g/mol. The number of benzene rings is 2. The van der Waals surface area contributed by atoms with E-state index in [2.05, 4.69) is 36.9 Å². The molecular weight excluding hydrogens is 682 g/mol. The van der Waals surface area contributed by atoms with Crippen molar-refractivity contribution in [3.8, 4) is 17.1 Å². The zero-order valence-electron chi connectivity index (χ0n) is 21.8. The lowest BCUT2D eigenvalue weighted by atomic mass is 10.0. The molecule has 0 N–H and O–H groups in total. The number of carbonyl (C=O) groups is 1. The van der Waals surface area contributed by atoms with Crippen LogP contribution in [0.1, 0.15) is 31.2 Å². The molecular formula is C28H21Br2N3O7S. The quantitative estimate of drug-likeness (QED) is 0.141. The number of non-ortho nitro benzene ring substituents is 1. The van der Waals surface area contributed by atoms with Crippen LogP contribution in [0.25, 0.3) is 17.4 Å². The fourth-order valence-corrected chi connectivity index (χ4v) is 7.09. The Morgan fingerprint density at radius 2 is 1.95 bits per heavy atom. The van der Waals surface area contributed by atoms with E-state index in [-0.39, 0.29) is 29.2 Å². The Morgan fingerprint density at radius 1 is 1.22 bits per heavy atom. The fraction of sp³-hybridized carbons (Fsp3) is 0.179. The van der Waals surface area contributed by atoms with E-state index in [0.717, 1.165) is 5.56 Å². The summed E-state index contributed by atoms with van der Waals surface area (Å²) in [6, 6.07) is 12.0. The maximum absolute atomic E-state index is 13.9. The SMILES string of the molecule is CCOC(=O)C1=C(C)N=c2s/c(=C\c3cc(Br)c(OC)c(Br)c3)c(=O)n2[C@H]1c1ccc(-c2cccc([N+](=O)[O-])c2)o1. The van der Waals surface area contributed by atoms with Crippen LogP contribution in [-0.4, -0.2) is 29.2 Å². The van der Waals surface area contributed by atoms with Crippen molar-refractivity contribution >= 4 is 60.9 Å². The molecule has 5 rings (SSSR count). The number of ether oxygens (including phenoxy) is 2. The second-order valence-electron chi connectivity index (χ2n) is 8.83. The molecule has 4 aromatic rings. The van der Waals surface area contributed by atoms with Crippen molar-refractivity contribution in [2.75, 3.05) is 13.7 Å². The maximum atomic E-state index is 13.9. The van der Waals surface area contributed by atoms with Crippen LogP contribution in [0.3, 0.4) is 0 Å². The Kier molecular flexibility index (Phi) is 8.11. The minimum atomic E-state index is -0.964. The van der Waals surface area contributed by atoms with Crippen LogP contribution >= 0.6 is 43.2 Å². The van der Waals surface area contributed by atoms with E-state index in [0.29, 0.717) is 41.0 Å². The normalized spacial score (nSPS) is 15.0. The summed E-state index contributed by atoms with van der Waals surface area (Å²) < 4.78 is 20.1. The zero-order chi connectivity index (χ0) is 29.4. The number of esters is 1. The van der Waals surface area contributed by atoms with Crippen molar-refractivity contribution in [3.05, 3.63) is 110 Å². The lowest BCUT2D eigenvalue weighted by molar-refractivity contribution is -0.384. The molecule has 2 aromatic carbocycles. The number of carbonyl (C=O) groups excluding carboxylic acids is 1. The molecule has 3 heterocycles. The van der Waals surface area contributed by atoms with E-state index < -0.39 is 16.9 Å². The number of thiazole rings is 1. The van der Waals surface area contributed by atoms with Crippen molar-refractivity contribution in [2.45, 2.75) is 19.9 Å². The van der Waals surface area contributed by atoms with Gasteiger partial charge in [-0.25, -0.2) is 9.79 Å². The maximum Gasteiger partial charge on any atom is 0.338 e. The summed E-state index contributed by atoms with van der Waals surface area (Å²) in [5, 5.41) is 11.3. The molecule has 210 valence electrons.